The number of hydrogen-bond acceptors (Lipinski definition) is 8. The number of rotatable bonds is 11. The van der Waals surface area contributed by atoms with Gasteiger partial charge in [-0.3, -0.25) is 14.6 Å². The van der Waals surface area contributed by atoms with Crippen molar-refractivity contribution >= 4 is 51.5 Å². The SMILES string of the molecule is Cl.Cl.NC1CCOc2c(CN3CCCCC3)cccc21.O=C(CC(NS(=O)(=O)c1ccc2ccccc2c1)c1ccccc1)NC1CCOc2c(CN3CCCCC3)cccc21. The lowest BCUT2D eigenvalue weighted by Crippen LogP contribution is -2.37. The quantitative estimate of drug-likeness (QED) is 0.120. The smallest absolute Gasteiger partial charge is 0.241 e. The van der Waals surface area contributed by atoms with E-state index in [2.05, 4.69) is 44.1 Å². The predicted molar refractivity (Wildman–Crippen MR) is 252 cm³/mol. The molecule has 9 rings (SSSR count). The molecule has 0 aliphatic carbocycles. The molecule has 1 amide bonds. The number of hydrogen-bond donors (Lipinski definition) is 3. The van der Waals surface area contributed by atoms with Crippen molar-refractivity contribution in [3.05, 3.63) is 137 Å². The van der Waals surface area contributed by atoms with Gasteiger partial charge in [-0.1, -0.05) is 110 Å². The molecule has 2 saturated heterocycles. The molecular formula is C49H61Cl2N5O5S. The van der Waals surface area contributed by atoms with Crippen molar-refractivity contribution in [2.45, 2.75) is 93.9 Å². The summed E-state index contributed by atoms with van der Waals surface area (Å²) in [6.45, 7) is 7.76. The first kappa shape index (κ1) is 47.3. The maximum atomic E-state index is 13.5. The van der Waals surface area contributed by atoms with E-state index in [4.69, 9.17) is 15.2 Å². The Kier molecular flexibility index (Phi) is 17.1. The number of carbonyl (C=O) groups is 1. The largest absolute Gasteiger partial charge is 0.493 e. The van der Waals surface area contributed by atoms with Crippen LogP contribution < -0.4 is 25.2 Å². The van der Waals surface area contributed by atoms with Gasteiger partial charge in [-0.15, -0.1) is 24.8 Å². The second-order valence-electron chi connectivity index (χ2n) is 16.6. The summed E-state index contributed by atoms with van der Waals surface area (Å²) >= 11 is 0. The molecule has 0 bridgehead atoms. The topological polar surface area (TPSA) is 126 Å². The Hall–Kier alpha value is -4.20. The lowest BCUT2D eigenvalue weighted by molar-refractivity contribution is -0.122. The Balaban J connectivity index is 0.000000268. The molecule has 10 nitrogen and oxygen atoms in total. The summed E-state index contributed by atoms with van der Waals surface area (Å²) in [6.07, 6.45) is 9.33. The van der Waals surface area contributed by atoms with E-state index in [0.717, 1.165) is 78.2 Å². The summed E-state index contributed by atoms with van der Waals surface area (Å²) < 4.78 is 41.9. The van der Waals surface area contributed by atoms with E-state index in [1.807, 2.05) is 66.7 Å². The number of halogens is 2. The van der Waals surface area contributed by atoms with Crippen molar-refractivity contribution in [3.63, 3.8) is 0 Å². The average Bonchev–Trinajstić information content (AvgIpc) is 3.28. The van der Waals surface area contributed by atoms with E-state index >= 15 is 0 Å². The Bertz CT molecular complexity index is 2340. The average molecular weight is 903 g/mol. The van der Waals surface area contributed by atoms with Gasteiger partial charge in [0.15, 0.2) is 0 Å². The zero-order valence-corrected chi connectivity index (χ0v) is 37.8. The molecule has 0 saturated carbocycles. The van der Waals surface area contributed by atoms with Crippen molar-refractivity contribution in [1.82, 2.24) is 19.8 Å². The third-order valence-electron chi connectivity index (χ3n) is 12.3. The van der Waals surface area contributed by atoms with Crippen LogP contribution >= 0.6 is 24.8 Å². The highest BCUT2D eigenvalue weighted by Crippen LogP contribution is 2.37. The van der Waals surface area contributed by atoms with Crippen LogP contribution in [0.4, 0.5) is 0 Å². The van der Waals surface area contributed by atoms with Crippen LogP contribution in [-0.2, 0) is 27.9 Å². The summed E-state index contributed by atoms with van der Waals surface area (Å²) in [5, 5.41) is 4.99. The molecular weight excluding hydrogens is 842 g/mol. The minimum absolute atomic E-state index is 0. The van der Waals surface area contributed by atoms with Crippen LogP contribution in [-0.4, -0.2) is 63.5 Å². The number of likely N-dealkylation sites (tertiary alicyclic amines) is 2. The van der Waals surface area contributed by atoms with Gasteiger partial charge in [-0.25, -0.2) is 13.1 Å². The van der Waals surface area contributed by atoms with E-state index in [-0.39, 0.29) is 54.1 Å². The highest BCUT2D eigenvalue weighted by molar-refractivity contribution is 7.89. The molecule has 0 aromatic heterocycles. The van der Waals surface area contributed by atoms with Crippen molar-refractivity contribution in [1.29, 1.82) is 0 Å². The Morgan fingerprint density at radius 2 is 1.23 bits per heavy atom. The minimum atomic E-state index is -3.90. The van der Waals surface area contributed by atoms with Gasteiger partial charge in [0, 0.05) is 60.6 Å². The number of ether oxygens (including phenoxy) is 2. The third-order valence-corrected chi connectivity index (χ3v) is 13.8. The molecule has 2 fully saturated rings. The van der Waals surface area contributed by atoms with E-state index in [9.17, 15) is 13.2 Å². The minimum Gasteiger partial charge on any atom is -0.493 e. The van der Waals surface area contributed by atoms with Gasteiger partial charge in [-0.2, -0.15) is 0 Å². The molecule has 62 heavy (non-hydrogen) atoms. The zero-order valence-electron chi connectivity index (χ0n) is 35.4. The molecule has 4 heterocycles. The summed E-state index contributed by atoms with van der Waals surface area (Å²) in [5.41, 5.74) is 11.5. The van der Waals surface area contributed by atoms with E-state index < -0.39 is 16.1 Å². The van der Waals surface area contributed by atoms with Crippen LogP contribution in [0.3, 0.4) is 0 Å². The first-order chi connectivity index (χ1) is 29.3. The van der Waals surface area contributed by atoms with Gasteiger partial charge in [0.25, 0.3) is 0 Å². The van der Waals surface area contributed by atoms with Crippen LogP contribution in [0.1, 0.15) is 104 Å². The molecule has 4 N–H and O–H groups in total. The summed E-state index contributed by atoms with van der Waals surface area (Å²) in [7, 11) is -3.90. The van der Waals surface area contributed by atoms with Gasteiger partial charge < -0.3 is 20.5 Å². The monoisotopic (exact) mass is 901 g/mol. The number of nitrogens with one attached hydrogen (secondary N) is 2. The van der Waals surface area contributed by atoms with Crippen molar-refractivity contribution in [3.8, 4) is 11.5 Å². The van der Waals surface area contributed by atoms with Crippen molar-refractivity contribution < 1.29 is 22.7 Å². The van der Waals surface area contributed by atoms with Gasteiger partial charge in [0.2, 0.25) is 15.9 Å². The number of para-hydroxylation sites is 2. The van der Waals surface area contributed by atoms with Gasteiger partial charge in [0.1, 0.15) is 11.5 Å². The fourth-order valence-corrected chi connectivity index (χ4v) is 10.3. The number of sulfonamides is 1. The molecule has 5 aromatic rings. The second-order valence-corrected chi connectivity index (χ2v) is 18.4. The molecule has 3 atom stereocenters. The number of nitrogens with two attached hydrogens (primary N) is 1. The van der Waals surface area contributed by atoms with Crippen LogP contribution in [0.5, 0.6) is 11.5 Å². The maximum Gasteiger partial charge on any atom is 0.241 e. The summed E-state index contributed by atoms with van der Waals surface area (Å²) in [4.78, 5) is 18.7. The first-order valence-corrected chi connectivity index (χ1v) is 23.3. The van der Waals surface area contributed by atoms with Gasteiger partial charge in [-0.05, 0) is 80.3 Å². The van der Waals surface area contributed by atoms with Gasteiger partial charge >= 0.3 is 0 Å². The molecule has 4 aliphatic rings. The lowest BCUT2D eigenvalue weighted by Gasteiger charge is -2.31. The number of amides is 1. The lowest BCUT2D eigenvalue weighted by atomic mass is 9.96. The fraction of sp³-hybridized carbons (Fsp3) is 0.408. The van der Waals surface area contributed by atoms with E-state index in [0.29, 0.717) is 13.0 Å². The standard InChI is InChI=1S/C34H37N3O4S.C15H22N2O.2ClH/c38-33(35-31-18-21-41-34-28(14-9-15-30(31)34)24-37-19-7-2-8-20-37)23-32(26-11-3-1-4-12-26)36-42(39,40)29-17-16-25-10-5-6-13-27(25)22-29;16-14-7-10-18-15-12(5-4-6-13(14)15)11-17-8-2-1-3-9-17;;/h1,3-6,9-17,22,31-32,36H,2,7-8,18-21,23-24H2,(H,35,38);4-6,14H,1-3,7-11,16H2;2*1H. The number of nitrogens with zero attached hydrogens (tertiary/aromatic N) is 2. The first-order valence-electron chi connectivity index (χ1n) is 21.9. The number of carbonyl (C=O) groups excluding carboxylic acids is 1. The molecule has 0 radical (unpaired) electrons. The third kappa shape index (κ3) is 11.9. The Morgan fingerprint density at radius 3 is 1.87 bits per heavy atom. The molecule has 332 valence electrons. The van der Waals surface area contributed by atoms with Crippen LogP contribution in [0.2, 0.25) is 0 Å². The van der Waals surface area contributed by atoms with Crippen LogP contribution in [0.15, 0.2) is 114 Å². The highest BCUT2D eigenvalue weighted by Gasteiger charge is 2.29. The molecule has 0 spiro atoms. The second kappa shape index (κ2) is 22.4. The number of piperidine rings is 2. The van der Waals surface area contributed by atoms with Crippen molar-refractivity contribution in [2.24, 2.45) is 5.73 Å². The van der Waals surface area contributed by atoms with Gasteiger partial charge in [0.05, 0.1) is 30.2 Å². The van der Waals surface area contributed by atoms with E-state index in [1.165, 1.54) is 62.7 Å². The predicted octanol–water partition coefficient (Wildman–Crippen LogP) is 9.17. The molecule has 4 aliphatic heterocycles. The summed E-state index contributed by atoms with van der Waals surface area (Å²) in [5.74, 6) is 1.71. The highest BCUT2D eigenvalue weighted by atomic mass is 35.5. The Labute approximate surface area is 379 Å². The fourth-order valence-electron chi connectivity index (χ4n) is 9.06. The zero-order chi connectivity index (χ0) is 41.3. The molecule has 13 heteroatoms. The Morgan fingerprint density at radius 1 is 0.661 bits per heavy atom. The maximum absolute atomic E-state index is 13.5. The van der Waals surface area contributed by atoms with Crippen molar-refractivity contribution in [2.75, 3.05) is 39.4 Å². The summed E-state index contributed by atoms with van der Waals surface area (Å²) in [6, 6.07) is 33.8. The van der Waals surface area contributed by atoms with Crippen LogP contribution in [0, 0.1) is 0 Å². The van der Waals surface area contributed by atoms with E-state index in [1.54, 1.807) is 18.2 Å². The molecule has 5 aromatic carbocycles. The number of fused-ring (bicyclic) bond motifs is 3. The normalized spacial score (nSPS) is 19.4. The number of benzene rings is 5. The molecule has 3 unspecified atom stereocenters. The van der Waals surface area contributed by atoms with Crippen LogP contribution in [0.25, 0.3) is 10.8 Å².